The summed E-state index contributed by atoms with van der Waals surface area (Å²) in [4.78, 5) is 0. The Labute approximate surface area is 187 Å². The van der Waals surface area contributed by atoms with Crippen LogP contribution >= 0.6 is 0 Å². The average Bonchev–Trinajstić information content (AvgIpc) is 2.81. The van der Waals surface area contributed by atoms with E-state index in [2.05, 4.69) is 125 Å². The number of benzene rings is 4. The van der Waals surface area contributed by atoms with Gasteiger partial charge in [-0.2, -0.15) is 0 Å². The first-order valence-electron chi connectivity index (χ1n) is 10.8. The molecule has 0 saturated heterocycles. The molecule has 0 aromatic heterocycles. The van der Waals surface area contributed by atoms with Gasteiger partial charge in [0.25, 0.3) is 0 Å². The van der Waals surface area contributed by atoms with Crippen LogP contribution in [0.15, 0.2) is 115 Å². The smallest absolute Gasteiger partial charge is 0.0314 e. The lowest BCUT2D eigenvalue weighted by molar-refractivity contribution is 0.641. The van der Waals surface area contributed by atoms with Crippen molar-refractivity contribution in [2.45, 2.75) is 38.5 Å². The van der Waals surface area contributed by atoms with Crippen molar-refractivity contribution < 1.29 is 0 Å². The molecule has 0 radical (unpaired) electrons. The molecule has 4 rings (SSSR count). The van der Waals surface area contributed by atoms with Crippen LogP contribution in [0.3, 0.4) is 0 Å². The van der Waals surface area contributed by atoms with Gasteiger partial charge in [-0.15, -0.1) is 0 Å². The fraction of sp³-hybridized carbons (Fsp3) is 0.200. The molecule has 1 heteroatoms. The second-order valence-electron chi connectivity index (χ2n) is 8.97. The van der Waals surface area contributed by atoms with Crippen LogP contribution in [-0.2, 0) is 10.8 Å². The van der Waals surface area contributed by atoms with E-state index < -0.39 is 0 Å². The third-order valence-electron chi connectivity index (χ3n) is 6.12. The summed E-state index contributed by atoms with van der Waals surface area (Å²) in [6, 6.07) is 39.9. The highest BCUT2D eigenvalue weighted by atomic mass is 14.5. The van der Waals surface area contributed by atoms with Crippen LogP contribution in [0.25, 0.3) is 0 Å². The van der Waals surface area contributed by atoms with E-state index in [-0.39, 0.29) is 10.8 Å². The van der Waals surface area contributed by atoms with Crippen molar-refractivity contribution in [1.82, 2.24) is 0 Å². The van der Waals surface area contributed by atoms with Gasteiger partial charge in [-0.1, -0.05) is 131 Å². The van der Waals surface area contributed by atoms with Gasteiger partial charge in [-0.05, 0) is 34.4 Å². The third-order valence-corrected chi connectivity index (χ3v) is 6.12. The van der Waals surface area contributed by atoms with E-state index >= 15 is 0 Å². The summed E-state index contributed by atoms with van der Waals surface area (Å²) < 4.78 is 0. The molecule has 158 valence electrons. The van der Waals surface area contributed by atoms with Gasteiger partial charge in [0.15, 0.2) is 0 Å². The van der Waals surface area contributed by atoms with Gasteiger partial charge in [0, 0.05) is 16.5 Å². The zero-order valence-electron chi connectivity index (χ0n) is 19.0. The molecule has 4 aromatic carbocycles. The second kappa shape index (κ2) is 9.66. The maximum Gasteiger partial charge on any atom is 0.0314 e. The van der Waals surface area contributed by atoms with Crippen LogP contribution < -0.4 is 5.73 Å². The molecule has 2 N–H and O–H groups in total. The monoisotopic (exact) mass is 407 g/mol. The van der Waals surface area contributed by atoms with E-state index in [1.807, 2.05) is 18.2 Å². The Bertz CT molecular complexity index is 1010. The number of nitrogens with two attached hydrogens (primary N) is 1. The molecule has 0 saturated carbocycles. The van der Waals surface area contributed by atoms with E-state index in [1.54, 1.807) is 0 Å². The van der Waals surface area contributed by atoms with E-state index in [0.29, 0.717) is 0 Å². The summed E-state index contributed by atoms with van der Waals surface area (Å²) in [6.45, 7) is 8.98. The lowest BCUT2D eigenvalue weighted by Gasteiger charge is -2.26. The lowest BCUT2D eigenvalue weighted by atomic mass is 9.78. The maximum absolute atomic E-state index is 5.71. The van der Waals surface area contributed by atoms with Crippen molar-refractivity contribution >= 4 is 5.69 Å². The summed E-state index contributed by atoms with van der Waals surface area (Å²) in [5.41, 5.74) is 11.9. The van der Waals surface area contributed by atoms with Crippen LogP contribution in [0, 0.1) is 0 Å². The van der Waals surface area contributed by atoms with Crippen molar-refractivity contribution in [3.8, 4) is 0 Å². The molecule has 0 aliphatic rings. The Morgan fingerprint density at radius 1 is 0.387 bits per heavy atom. The van der Waals surface area contributed by atoms with Crippen molar-refractivity contribution in [2.75, 3.05) is 5.73 Å². The van der Waals surface area contributed by atoms with Gasteiger partial charge in [-0.25, -0.2) is 0 Å². The molecule has 0 atom stereocenters. The Balaban J connectivity index is 0.000000176. The normalized spacial score (nSPS) is 11.4. The quantitative estimate of drug-likeness (QED) is 0.346. The molecule has 0 amide bonds. The van der Waals surface area contributed by atoms with Gasteiger partial charge in [0.05, 0.1) is 0 Å². The molecule has 4 aromatic rings. The van der Waals surface area contributed by atoms with E-state index in [4.69, 9.17) is 5.73 Å². The van der Waals surface area contributed by atoms with Crippen LogP contribution in [0.2, 0.25) is 0 Å². The highest BCUT2D eigenvalue weighted by molar-refractivity contribution is 5.45. The minimum absolute atomic E-state index is 0.0228. The summed E-state index contributed by atoms with van der Waals surface area (Å²) in [5, 5.41) is 0. The Kier molecular flexibility index (Phi) is 6.97. The summed E-state index contributed by atoms with van der Waals surface area (Å²) in [6.07, 6.45) is 0. The van der Waals surface area contributed by atoms with Crippen molar-refractivity contribution in [2.24, 2.45) is 0 Å². The van der Waals surface area contributed by atoms with Gasteiger partial charge in [0.2, 0.25) is 0 Å². The number of hydrogen-bond donors (Lipinski definition) is 1. The molecular weight excluding hydrogens is 374 g/mol. The molecule has 0 fully saturated rings. The highest BCUT2D eigenvalue weighted by Crippen LogP contribution is 2.32. The standard InChI is InChI=1S/C15H17N.C15H16/c1-15(2,12-6-4-3-5-7-12)13-8-10-14(16)11-9-13;1-15(2,13-9-5-3-6-10-13)14-11-7-4-8-12-14/h3-11H,16H2,1-2H3;3-12H,1-2H3. The van der Waals surface area contributed by atoms with Crippen LogP contribution in [0.5, 0.6) is 0 Å². The zero-order valence-corrected chi connectivity index (χ0v) is 19.0. The van der Waals surface area contributed by atoms with Crippen LogP contribution in [0.4, 0.5) is 5.69 Å². The SMILES string of the molecule is CC(C)(c1ccccc1)c1ccc(N)cc1.CC(C)(c1ccccc1)c1ccccc1. The largest absolute Gasteiger partial charge is 0.399 e. The zero-order chi connectivity index (χ0) is 22.3. The molecule has 0 heterocycles. The predicted octanol–water partition coefficient (Wildman–Crippen LogP) is 7.61. The number of anilines is 1. The van der Waals surface area contributed by atoms with Crippen LogP contribution in [0.1, 0.15) is 49.9 Å². The molecule has 1 nitrogen and oxygen atoms in total. The summed E-state index contributed by atoms with van der Waals surface area (Å²) in [5.74, 6) is 0. The number of hydrogen-bond acceptors (Lipinski definition) is 1. The molecule has 0 spiro atoms. The summed E-state index contributed by atoms with van der Waals surface area (Å²) in [7, 11) is 0. The maximum atomic E-state index is 5.71. The minimum atomic E-state index is 0.0228. The number of rotatable bonds is 4. The van der Waals surface area contributed by atoms with E-state index in [9.17, 15) is 0 Å². The first-order valence-corrected chi connectivity index (χ1v) is 10.8. The Morgan fingerprint density at radius 3 is 0.935 bits per heavy atom. The fourth-order valence-electron chi connectivity index (χ4n) is 3.80. The summed E-state index contributed by atoms with van der Waals surface area (Å²) >= 11 is 0. The highest BCUT2D eigenvalue weighted by Gasteiger charge is 2.23. The van der Waals surface area contributed by atoms with E-state index in [0.717, 1.165) is 5.69 Å². The Hall–Kier alpha value is -3.32. The average molecular weight is 408 g/mol. The topological polar surface area (TPSA) is 26.0 Å². The molecular formula is C30H33N. The van der Waals surface area contributed by atoms with Crippen molar-refractivity contribution in [3.63, 3.8) is 0 Å². The van der Waals surface area contributed by atoms with Gasteiger partial charge in [-0.3, -0.25) is 0 Å². The Morgan fingerprint density at radius 2 is 0.645 bits per heavy atom. The molecule has 0 bridgehead atoms. The first kappa shape index (κ1) is 22.4. The van der Waals surface area contributed by atoms with Gasteiger partial charge >= 0.3 is 0 Å². The third kappa shape index (κ3) is 5.44. The fourth-order valence-corrected chi connectivity index (χ4v) is 3.80. The second-order valence-corrected chi connectivity index (χ2v) is 8.97. The molecule has 0 aliphatic heterocycles. The van der Waals surface area contributed by atoms with Crippen LogP contribution in [-0.4, -0.2) is 0 Å². The minimum Gasteiger partial charge on any atom is -0.399 e. The van der Waals surface area contributed by atoms with E-state index in [1.165, 1.54) is 22.3 Å². The molecule has 0 unspecified atom stereocenters. The molecule has 0 aliphatic carbocycles. The van der Waals surface area contributed by atoms with Gasteiger partial charge < -0.3 is 5.73 Å². The van der Waals surface area contributed by atoms with Gasteiger partial charge in [0.1, 0.15) is 0 Å². The lowest BCUT2D eigenvalue weighted by Crippen LogP contribution is -2.18. The van der Waals surface area contributed by atoms with Crippen molar-refractivity contribution in [3.05, 3.63) is 138 Å². The molecule has 31 heavy (non-hydrogen) atoms. The predicted molar refractivity (Wildman–Crippen MR) is 134 cm³/mol. The number of nitrogen functional groups attached to an aromatic ring is 1. The van der Waals surface area contributed by atoms with Crippen molar-refractivity contribution in [1.29, 1.82) is 0 Å². The first-order chi connectivity index (χ1) is 14.8.